The van der Waals surface area contributed by atoms with Gasteiger partial charge in [0.1, 0.15) is 5.75 Å². The molecule has 3 aromatic rings. The number of halogens is 2. The van der Waals surface area contributed by atoms with E-state index in [9.17, 15) is 4.79 Å². The molecule has 138 valence electrons. The zero-order chi connectivity index (χ0) is 19.2. The number of para-hydroxylation sites is 1. The van der Waals surface area contributed by atoms with Crippen molar-refractivity contribution in [2.24, 2.45) is 5.10 Å². The number of aryl methyl sites for hydroxylation is 1. The molecule has 0 saturated heterocycles. The third-order valence-corrected chi connectivity index (χ3v) is 4.87. The van der Waals surface area contributed by atoms with E-state index in [2.05, 4.69) is 47.0 Å². The van der Waals surface area contributed by atoms with Crippen LogP contribution in [-0.2, 0) is 4.79 Å². The van der Waals surface area contributed by atoms with Crippen LogP contribution in [0, 0.1) is 6.92 Å². The van der Waals surface area contributed by atoms with Gasteiger partial charge in [0, 0.05) is 15.9 Å². The number of carbonyl (C=O) groups is 1. The highest BCUT2D eigenvalue weighted by Crippen LogP contribution is 2.28. The molecular weight excluding hydrogens is 474 g/mol. The summed E-state index contributed by atoms with van der Waals surface area (Å²) in [6.45, 7) is 1.89. The number of hydrogen-bond donors (Lipinski definition) is 1. The van der Waals surface area contributed by atoms with E-state index in [0.29, 0.717) is 5.75 Å². The van der Waals surface area contributed by atoms with Gasteiger partial charge in [-0.1, -0.05) is 34.1 Å². The maximum Gasteiger partial charge on any atom is 0.277 e. The molecule has 0 aliphatic carbocycles. The molecule has 0 bridgehead atoms. The summed E-state index contributed by atoms with van der Waals surface area (Å²) in [7, 11) is 0. The number of carbonyl (C=O) groups excluding carboxylic acids is 1. The second kappa shape index (κ2) is 9.01. The Balaban J connectivity index is 1.60. The van der Waals surface area contributed by atoms with Gasteiger partial charge in [0.15, 0.2) is 6.61 Å². The summed E-state index contributed by atoms with van der Waals surface area (Å²) in [5, 5.41) is 4.05. The van der Waals surface area contributed by atoms with Crippen LogP contribution < -0.4 is 10.2 Å². The molecule has 0 radical (unpaired) electrons. The fourth-order valence-electron chi connectivity index (χ4n) is 2.53. The Bertz CT molecular complexity index is 969. The van der Waals surface area contributed by atoms with Gasteiger partial charge in [0.25, 0.3) is 5.91 Å². The topological polar surface area (TPSA) is 55.6 Å². The predicted molar refractivity (Wildman–Crippen MR) is 114 cm³/mol. The van der Waals surface area contributed by atoms with E-state index in [1.54, 1.807) is 12.3 Å². The molecule has 27 heavy (non-hydrogen) atoms. The van der Waals surface area contributed by atoms with Gasteiger partial charge in [-0.25, -0.2) is 5.43 Å². The summed E-state index contributed by atoms with van der Waals surface area (Å²) in [6.07, 6.45) is 1.62. The minimum atomic E-state index is -0.337. The molecule has 0 aliphatic rings. The van der Waals surface area contributed by atoms with Crippen molar-refractivity contribution in [3.8, 4) is 11.4 Å². The second-order valence-electron chi connectivity index (χ2n) is 5.73. The summed E-state index contributed by atoms with van der Waals surface area (Å²) in [5.74, 6) is 0.251. The van der Waals surface area contributed by atoms with Crippen LogP contribution >= 0.6 is 31.9 Å². The maximum atomic E-state index is 12.0. The fourth-order valence-corrected chi connectivity index (χ4v) is 3.69. The highest BCUT2D eigenvalue weighted by Gasteiger charge is 2.07. The summed E-state index contributed by atoms with van der Waals surface area (Å²) in [5.41, 5.74) is 5.48. The molecule has 1 amide bonds. The van der Waals surface area contributed by atoms with Gasteiger partial charge in [-0.05, 0) is 65.3 Å². The molecule has 0 atom stereocenters. The molecule has 2 aromatic carbocycles. The highest BCUT2D eigenvalue weighted by molar-refractivity contribution is 9.11. The van der Waals surface area contributed by atoms with Crippen molar-refractivity contribution in [2.75, 3.05) is 6.61 Å². The highest BCUT2D eigenvalue weighted by atomic mass is 79.9. The molecule has 0 unspecified atom stereocenters. The van der Waals surface area contributed by atoms with Gasteiger partial charge in [0.05, 0.1) is 16.4 Å². The van der Waals surface area contributed by atoms with E-state index >= 15 is 0 Å². The van der Waals surface area contributed by atoms with Gasteiger partial charge in [-0.2, -0.15) is 5.10 Å². The molecule has 1 N–H and O–H groups in total. The quantitative estimate of drug-likeness (QED) is 0.397. The number of hydrogen-bond acceptors (Lipinski definition) is 3. The fraction of sp³-hybridized carbons (Fsp3) is 0.100. The number of benzene rings is 2. The van der Waals surface area contributed by atoms with Gasteiger partial charge < -0.3 is 9.30 Å². The minimum absolute atomic E-state index is 0.129. The van der Waals surface area contributed by atoms with E-state index in [1.807, 2.05) is 61.5 Å². The van der Waals surface area contributed by atoms with E-state index < -0.39 is 0 Å². The van der Waals surface area contributed by atoms with E-state index in [-0.39, 0.29) is 12.5 Å². The van der Waals surface area contributed by atoms with Crippen molar-refractivity contribution in [1.82, 2.24) is 9.99 Å². The van der Waals surface area contributed by atoms with Crippen LogP contribution in [0.2, 0.25) is 0 Å². The maximum absolute atomic E-state index is 12.0. The van der Waals surface area contributed by atoms with Crippen molar-refractivity contribution in [3.63, 3.8) is 0 Å². The molecular formula is C20H17Br2N3O2. The predicted octanol–water partition coefficient (Wildman–Crippen LogP) is 4.84. The number of nitrogens with one attached hydrogen (secondary N) is 1. The van der Waals surface area contributed by atoms with Crippen LogP contribution in [0.25, 0.3) is 5.69 Å². The number of rotatable bonds is 6. The molecule has 7 heteroatoms. The number of ether oxygens (including phenoxy) is 1. The number of amides is 1. The molecule has 3 rings (SSSR count). The first-order valence-corrected chi connectivity index (χ1v) is 9.77. The van der Waals surface area contributed by atoms with Crippen LogP contribution in [0.3, 0.4) is 0 Å². The summed E-state index contributed by atoms with van der Waals surface area (Å²) >= 11 is 6.76. The van der Waals surface area contributed by atoms with E-state index in [1.165, 1.54) is 0 Å². The Morgan fingerprint density at radius 2 is 1.93 bits per heavy atom. The first-order chi connectivity index (χ1) is 13.0. The monoisotopic (exact) mass is 489 g/mol. The summed E-state index contributed by atoms with van der Waals surface area (Å²) < 4.78 is 9.25. The Hall–Kier alpha value is -2.38. The lowest BCUT2D eigenvalue weighted by Crippen LogP contribution is -2.24. The third kappa shape index (κ3) is 5.08. The first kappa shape index (κ1) is 19.4. The van der Waals surface area contributed by atoms with Gasteiger partial charge >= 0.3 is 0 Å². The average molecular weight is 491 g/mol. The summed E-state index contributed by atoms with van der Waals surface area (Å²) in [6, 6.07) is 19.4. The smallest absolute Gasteiger partial charge is 0.277 e. The normalized spacial score (nSPS) is 10.9. The number of hydrazone groups is 1. The molecule has 0 aliphatic heterocycles. The second-order valence-corrected chi connectivity index (χ2v) is 7.50. The third-order valence-electron chi connectivity index (χ3n) is 3.76. The lowest BCUT2D eigenvalue weighted by molar-refractivity contribution is -0.123. The van der Waals surface area contributed by atoms with Gasteiger partial charge in [-0.3, -0.25) is 4.79 Å². The Kier molecular flexibility index (Phi) is 6.47. The molecule has 1 heterocycles. The Morgan fingerprint density at radius 3 is 2.67 bits per heavy atom. The van der Waals surface area contributed by atoms with Crippen molar-refractivity contribution < 1.29 is 9.53 Å². The molecule has 5 nitrogen and oxygen atoms in total. The minimum Gasteiger partial charge on any atom is -0.483 e. The lowest BCUT2D eigenvalue weighted by Gasteiger charge is -2.09. The van der Waals surface area contributed by atoms with Crippen LogP contribution in [-0.4, -0.2) is 23.3 Å². The molecule has 1 aromatic heterocycles. The number of nitrogens with zero attached hydrogens (tertiary/aromatic N) is 2. The lowest BCUT2D eigenvalue weighted by atomic mass is 10.3. The van der Waals surface area contributed by atoms with E-state index in [4.69, 9.17) is 4.74 Å². The van der Waals surface area contributed by atoms with Gasteiger partial charge in [-0.15, -0.1) is 0 Å². The van der Waals surface area contributed by atoms with Crippen molar-refractivity contribution in [2.45, 2.75) is 6.92 Å². The molecule has 0 fully saturated rings. The molecule has 0 spiro atoms. The van der Waals surface area contributed by atoms with Crippen LogP contribution in [0.15, 0.2) is 74.7 Å². The van der Waals surface area contributed by atoms with Crippen molar-refractivity contribution in [1.29, 1.82) is 0 Å². The van der Waals surface area contributed by atoms with Crippen LogP contribution in [0.4, 0.5) is 0 Å². The first-order valence-electron chi connectivity index (χ1n) is 8.18. The van der Waals surface area contributed by atoms with Crippen LogP contribution in [0.5, 0.6) is 5.75 Å². The van der Waals surface area contributed by atoms with E-state index in [0.717, 1.165) is 26.0 Å². The standard InChI is InChI=1S/C20H17Br2N3O2/c1-14-7-9-17(25(14)16-5-3-2-4-6-16)12-23-24-20(26)13-27-19-10-8-15(21)11-18(19)22/h2-12H,13H2,1H3,(H,24,26)/b23-12-. The SMILES string of the molecule is Cc1ccc(/C=N\NC(=O)COc2ccc(Br)cc2Br)n1-c1ccccc1. The molecule has 0 saturated carbocycles. The van der Waals surface area contributed by atoms with Crippen molar-refractivity contribution in [3.05, 3.63) is 81.0 Å². The zero-order valence-corrected chi connectivity index (χ0v) is 17.7. The van der Waals surface area contributed by atoms with Crippen LogP contribution in [0.1, 0.15) is 11.4 Å². The Labute approximate surface area is 174 Å². The zero-order valence-electron chi connectivity index (χ0n) is 14.5. The van der Waals surface area contributed by atoms with Crippen molar-refractivity contribution >= 4 is 44.0 Å². The Morgan fingerprint density at radius 1 is 1.15 bits per heavy atom. The average Bonchev–Trinajstić information content (AvgIpc) is 3.02. The number of aromatic nitrogens is 1. The largest absolute Gasteiger partial charge is 0.483 e. The summed E-state index contributed by atoms with van der Waals surface area (Å²) in [4.78, 5) is 12.0. The van der Waals surface area contributed by atoms with Gasteiger partial charge in [0.2, 0.25) is 0 Å².